The average Bonchev–Trinajstić information content (AvgIpc) is 3.32. The van der Waals surface area contributed by atoms with Crippen LogP contribution in [0.15, 0.2) is 29.2 Å². The predicted molar refractivity (Wildman–Crippen MR) is 97.0 cm³/mol. The smallest absolute Gasteiger partial charge is 0.251 e. The van der Waals surface area contributed by atoms with Crippen molar-refractivity contribution in [1.29, 1.82) is 0 Å². The molecule has 7 heteroatoms. The maximum atomic E-state index is 12.2. The van der Waals surface area contributed by atoms with Crippen LogP contribution in [0.5, 0.6) is 0 Å². The molecule has 140 valence electrons. The van der Waals surface area contributed by atoms with Gasteiger partial charge in [-0.15, -0.1) is 0 Å². The number of carbonyl (C=O) groups excluding carboxylic acids is 1. The lowest BCUT2D eigenvalue weighted by Crippen LogP contribution is -2.40. The molecule has 6 nitrogen and oxygen atoms in total. The van der Waals surface area contributed by atoms with Gasteiger partial charge >= 0.3 is 0 Å². The molecule has 1 amide bonds. The van der Waals surface area contributed by atoms with Gasteiger partial charge in [-0.2, -0.15) is 0 Å². The summed E-state index contributed by atoms with van der Waals surface area (Å²) in [6, 6.07) is 5.94. The topological polar surface area (TPSA) is 84.5 Å². The number of benzene rings is 1. The van der Waals surface area contributed by atoms with E-state index >= 15 is 0 Å². The highest BCUT2D eigenvalue weighted by atomic mass is 32.2. The monoisotopic (exact) mass is 368 g/mol. The number of carbonyl (C=O) groups is 1. The summed E-state index contributed by atoms with van der Waals surface area (Å²) in [6.07, 6.45) is 3.31. The van der Waals surface area contributed by atoms with Crippen molar-refractivity contribution in [1.82, 2.24) is 10.0 Å². The van der Waals surface area contributed by atoms with Crippen LogP contribution >= 0.6 is 0 Å². The van der Waals surface area contributed by atoms with Gasteiger partial charge in [-0.05, 0) is 70.2 Å². The van der Waals surface area contributed by atoms with Gasteiger partial charge in [0.25, 0.3) is 5.91 Å². The van der Waals surface area contributed by atoms with Crippen molar-refractivity contribution in [3.05, 3.63) is 29.8 Å². The van der Waals surface area contributed by atoms with E-state index in [-0.39, 0.29) is 10.8 Å². The SMILES string of the molecule is CC(C)(C)NS(=O)(=O)c1ccc(C(=O)NCCCOCC2CC2)cc1. The third-order valence-corrected chi connectivity index (χ3v) is 5.44. The largest absolute Gasteiger partial charge is 0.381 e. The van der Waals surface area contributed by atoms with Crippen molar-refractivity contribution in [2.75, 3.05) is 19.8 Å². The molecule has 0 unspecified atom stereocenters. The molecule has 0 bridgehead atoms. The Morgan fingerprint density at radius 3 is 2.40 bits per heavy atom. The molecule has 1 aliphatic rings. The Bertz CT molecular complexity index is 674. The van der Waals surface area contributed by atoms with E-state index in [0.717, 1.165) is 18.9 Å². The van der Waals surface area contributed by atoms with Gasteiger partial charge < -0.3 is 10.1 Å². The van der Waals surface area contributed by atoms with Gasteiger partial charge in [0.1, 0.15) is 0 Å². The lowest BCUT2D eigenvalue weighted by atomic mass is 10.1. The van der Waals surface area contributed by atoms with Gasteiger partial charge in [-0.3, -0.25) is 4.79 Å². The van der Waals surface area contributed by atoms with Crippen molar-refractivity contribution < 1.29 is 17.9 Å². The van der Waals surface area contributed by atoms with E-state index < -0.39 is 15.6 Å². The van der Waals surface area contributed by atoms with E-state index in [1.54, 1.807) is 20.8 Å². The van der Waals surface area contributed by atoms with Crippen LogP contribution in [0.25, 0.3) is 0 Å². The van der Waals surface area contributed by atoms with Crippen molar-refractivity contribution in [2.45, 2.75) is 50.5 Å². The van der Waals surface area contributed by atoms with E-state index in [1.807, 2.05) is 0 Å². The highest BCUT2D eigenvalue weighted by molar-refractivity contribution is 7.89. The van der Waals surface area contributed by atoms with Crippen LogP contribution in [0.1, 0.15) is 50.4 Å². The molecule has 0 atom stereocenters. The Morgan fingerprint density at radius 2 is 1.84 bits per heavy atom. The molecule has 1 aliphatic carbocycles. The van der Waals surface area contributed by atoms with Crippen LogP contribution < -0.4 is 10.0 Å². The van der Waals surface area contributed by atoms with E-state index in [4.69, 9.17) is 4.74 Å². The van der Waals surface area contributed by atoms with Crippen molar-refractivity contribution in [2.24, 2.45) is 5.92 Å². The molecule has 1 fully saturated rings. The number of rotatable bonds is 9. The summed E-state index contributed by atoms with van der Waals surface area (Å²) >= 11 is 0. The summed E-state index contributed by atoms with van der Waals surface area (Å²) in [5.74, 6) is 0.534. The van der Waals surface area contributed by atoms with E-state index in [2.05, 4.69) is 10.0 Å². The summed E-state index contributed by atoms with van der Waals surface area (Å²) < 4.78 is 32.6. The van der Waals surface area contributed by atoms with Gasteiger partial charge in [0.2, 0.25) is 10.0 Å². The van der Waals surface area contributed by atoms with E-state index in [1.165, 1.54) is 37.1 Å². The van der Waals surface area contributed by atoms with Crippen LogP contribution in [-0.2, 0) is 14.8 Å². The van der Waals surface area contributed by atoms with Crippen LogP contribution in [0, 0.1) is 5.92 Å². The minimum atomic E-state index is -3.59. The molecule has 0 aliphatic heterocycles. The van der Waals surface area contributed by atoms with Gasteiger partial charge in [-0.25, -0.2) is 13.1 Å². The molecule has 0 spiro atoms. The minimum Gasteiger partial charge on any atom is -0.381 e. The Hall–Kier alpha value is -1.44. The molecule has 0 heterocycles. The van der Waals surface area contributed by atoms with E-state index in [0.29, 0.717) is 18.7 Å². The van der Waals surface area contributed by atoms with Gasteiger partial charge in [0.05, 0.1) is 4.90 Å². The summed E-state index contributed by atoms with van der Waals surface area (Å²) in [7, 11) is -3.59. The zero-order valence-electron chi connectivity index (χ0n) is 15.2. The molecule has 0 saturated heterocycles. The molecular weight excluding hydrogens is 340 g/mol. The second-order valence-electron chi connectivity index (χ2n) is 7.51. The first-order chi connectivity index (χ1) is 11.7. The van der Waals surface area contributed by atoms with Gasteiger partial charge in [0, 0.05) is 30.9 Å². The maximum absolute atomic E-state index is 12.2. The third-order valence-electron chi connectivity index (χ3n) is 3.67. The fourth-order valence-electron chi connectivity index (χ4n) is 2.26. The van der Waals surface area contributed by atoms with Crippen LogP contribution in [0.2, 0.25) is 0 Å². The standard InChI is InChI=1S/C18H28N2O4S/c1-18(2,3)20-25(22,23)16-9-7-15(8-10-16)17(21)19-11-4-12-24-13-14-5-6-14/h7-10,14,20H,4-6,11-13H2,1-3H3,(H,19,21). The molecule has 1 aromatic carbocycles. The maximum Gasteiger partial charge on any atom is 0.251 e. The number of sulfonamides is 1. The summed E-state index contributed by atoms with van der Waals surface area (Å²) in [4.78, 5) is 12.2. The number of ether oxygens (including phenoxy) is 1. The summed E-state index contributed by atoms with van der Waals surface area (Å²) in [5, 5.41) is 2.82. The van der Waals surface area contributed by atoms with Crippen LogP contribution in [0.3, 0.4) is 0 Å². The molecule has 0 radical (unpaired) electrons. The molecule has 0 aromatic heterocycles. The first kappa shape index (κ1) is 19.9. The lowest BCUT2D eigenvalue weighted by Gasteiger charge is -2.20. The normalized spacial score (nSPS) is 15.2. The Balaban J connectivity index is 1.78. The van der Waals surface area contributed by atoms with Gasteiger partial charge in [0.15, 0.2) is 0 Å². The molecule has 1 saturated carbocycles. The average molecular weight is 368 g/mol. The summed E-state index contributed by atoms with van der Waals surface area (Å²) in [5.41, 5.74) is -0.121. The number of nitrogens with one attached hydrogen (secondary N) is 2. The molecule has 2 rings (SSSR count). The Morgan fingerprint density at radius 1 is 1.20 bits per heavy atom. The molecule has 1 aromatic rings. The molecule has 25 heavy (non-hydrogen) atoms. The zero-order chi connectivity index (χ0) is 18.5. The number of hydrogen-bond donors (Lipinski definition) is 2. The molecule has 2 N–H and O–H groups in total. The molecular formula is C18H28N2O4S. The van der Waals surface area contributed by atoms with Crippen molar-refractivity contribution in [3.63, 3.8) is 0 Å². The highest BCUT2D eigenvalue weighted by Gasteiger charge is 2.22. The van der Waals surface area contributed by atoms with Gasteiger partial charge in [-0.1, -0.05) is 0 Å². The number of amides is 1. The lowest BCUT2D eigenvalue weighted by molar-refractivity contribution is 0.0937. The predicted octanol–water partition coefficient (Wildman–Crippen LogP) is 2.31. The summed E-state index contributed by atoms with van der Waals surface area (Å²) in [6.45, 7) is 7.34. The first-order valence-electron chi connectivity index (χ1n) is 8.67. The Labute approximate surface area is 150 Å². The van der Waals surface area contributed by atoms with E-state index in [9.17, 15) is 13.2 Å². The zero-order valence-corrected chi connectivity index (χ0v) is 16.0. The number of hydrogen-bond acceptors (Lipinski definition) is 4. The van der Waals surface area contributed by atoms with Crippen LogP contribution in [0.4, 0.5) is 0 Å². The quantitative estimate of drug-likeness (QED) is 0.655. The fraction of sp³-hybridized carbons (Fsp3) is 0.611. The fourth-order valence-corrected chi connectivity index (χ4v) is 3.68. The van der Waals surface area contributed by atoms with Crippen molar-refractivity contribution >= 4 is 15.9 Å². The second-order valence-corrected chi connectivity index (χ2v) is 9.19. The third kappa shape index (κ3) is 7.13. The first-order valence-corrected chi connectivity index (χ1v) is 10.2. The highest BCUT2D eigenvalue weighted by Crippen LogP contribution is 2.28. The second kappa shape index (κ2) is 8.29. The Kier molecular flexibility index (Phi) is 6.59. The minimum absolute atomic E-state index is 0.146. The van der Waals surface area contributed by atoms with Crippen molar-refractivity contribution in [3.8, 4) is 0 Å². The van der Waals surface area contributed by atoms with Crippen LogP contribution in [-0.4, -0.2) is 39.6 Å².